The Labute approximate surface area is 216 Å². The Morgan fingerprint density at radius 1 is 0.722 bits per heavy atom. The average Bonchev–Trinajstić information content (AvgIpc) is 2.92. The van der Waals surface area contributed by atoms with Gasteiger partial charge in [-0.3, -0.25) is 0 Å². The Hall–Kier alpha value is -2.86. The predicted molar refractivity (Wildman–Crippen MR) is 143 cm³/mol. The first-order chi connectivity index (χ1) is 17.5. The minimum atomic E-state index is -0.445. The van der Waals surface area contributed by atoms with E-state index in [2.05, 4.69) is 25.1 Å². The zero-order valence-corrected chi connectivity index (χ0v) is 21.9. The minimum absolute atomic E-state index is 0.0361. The molecule has 0 fully saturated rings. The average molecular weight is 493 g/mol. The van der Waals surface area contributed by atoms with Gasteiger partial charge < -0.3 is 24.1 Å². The predicted octanol–water partition coefficient (Wildman–Crippen LogP) is 6.59. The van der Waals surface area contributed by atoms with E-state index >= 15 is 0 Å². The zero-order valence-electron chi connectivity index (χ0n) is 21.9. The van der Waals surface area contributed by atoms with E-state index in [0.717, 1.165) is 41.0 Å². The van der Waals surface area contributed by atoms with E-state index in [4.69, 9.17) is 18.9 Å². The highest BCUT2D eigenvalue weighted by molar-refractivity contribution is 5.30. The number of methoxy groups -OCH3 is 2. The third kappa shape index (κ3) is 8.66. The molecule has 1 N–H and O–H groups in total. The van der Waals surface area contributed by atoms with Crippen LogP contribution in [-0.4, -0.2) is 32.0 Å². The van der Waals surface area contributed by atoms with Crippen molar-refractivity contribution >= 4 is 0 Å². The van der Waals surface area contributed by atoms with Crippen molar-refractivity contribution in [3.63, 3.8) is 0 Å². The number of aliphatic hydroxyl groups is 1. The summed E-state index contributed by atoms with van der Waals surface area (Å²) in [6, 6.07) is 26.1. The molecule has 0 aliphatic rings. The highest BCUT2D eigenvalue weighted by atomic mass is 16.5. The molecule has 36 heavy (non-hydrogen) atoms. The summed E-state index contributed by atoms with van der Waals surface area (Å²) in [6.07, 6.45) is 1.16. The topological polar surface area (TPSA) is 57.2 Å². The zero-order chi connectivity index (χ0) is 25.8. The third-order valence-corrected chi connectivity index (χ3v) is 6.62. The van der Waals surface area contributed by atoms with Crippen LogP contribution in [0.25, 0.3) is 0 Å². The van der Waals surface area contributed by atoms with Crippen molar-refractivity contribution in [1.82, 2.24) is 0 Å². The Kier molecular flexibility index (Phi) is 11.3. The number of hydrogen-bond acceptors (Lipinski definition) is 5. The maximum atomic E-state index is 10.9. The van der Waals surface area contributed by atoms with E-state index in [1.54, 1.807) is 14.2 Å². The van der Waals surface area contributed by atoms with E-state index in [1.807, 2.05) is 67.6 Å². The van der Waals surface area contributed by atoms with Gasteiger partial charge in [0.05, 0.1) is 32.5 Å². The standard InChI is InChI=1S/C31H40O5/c1-23(31(32)24(2)20-35-21-26-14-16-28(33-3)17-15-26)13-18-30(34-4)27-11-8-12-29(19-27)36-22-25-9-6-5-7-10-25/h5-12,14-17,19,23-24,30-32H,13,18,20-22H2,1-4H3/t23-,24-,30-,31+/m0/s1. The molecule has 5 heteroatoms. The number of hydrogen-bond donors (Lipinski definition) is 1. The number of rotatable bonds is 15. The Morgan fingerprint density at radius 3 is 2.14 bits per heavy atom. The molecule has 0 unspecified atom stereocenters. The lowest BCUT2D eigenvalue weighted by Crippen LogP contribution is -2.29. The van der Waals surface area contributed by atoms with Crippen LogP contribution in [-0.2, 0) is 22.7 Å². The van der Waals surface area contributed by atoms with E-state index in [9.17, 15) is 5.11 Å². The van der Waals surface area contributed by atoms with Crippen LogP contribution in [0.3, 0.4) is 0 Å². The van der Waals surface area contributed by atoms with Crippen LogP contribution >= 0.6 is 0 Å². The van der Waals surface area contributed by atoms with Crippen molar-refractivity contribution in [1.29, 1.82) is 0 Å². The monoisotopic (exact) mass is 492 g/mol. The van der Waals surface area contributed by atoms with Crippen molar-refractivity contribution in [3.05, 3.63) is 95.6 Å². The van der Waals surface area contributed by atoms with Gasteiger partial charge in [-0.15, -0.1) is 0 Å². The lowest BCUT2D eigenvalue weighted by Gasteiger charge is -2.26. The quantitative estimate of drug-likeness (QED) is 0.259. The molecule has 5 nitrogen and oxygen atoms in total. The van der Waals surface area contributed by atoms with E-state index in [-0.39, 0.29) is 17.9 Å². The van der Waals surface area contributed by atoms with Gasteiger partial charge in [0, 0.05) is 13.0 Å². The fourth-order valence-electron chi connectivity index (χ4n) is 4.29. The molecule has 0 aliphatic heterocycles. The molecule has 0 heterocycles. The number of benzene rings is 3. The van der Waals surface area contributed by atoms with Crippen LogP contribution in [0.4, 0.5) is 0 Å². The van der Waals surface area contributed by atoms with Crippen LogP contribution in [0.2, 0.25) is 0 Å². The molecule has 0 radical (unpaired) electrons. The fraction of sp³-hybridized carbons (Fsp3) is 0.419. The molecule has 0 spiro atoms. The van der Waals surface area contributed by atoms with E-state index < -0.39 is 6.10 Å². The molecule has 194 valence electrons. The summed E-state index contributed by atoms with van der Waals surface area (Å²) in [5.41, 5.74) is 3.31. The van der Waals surface area contributed by atoms with Crippen LogP contribution in [0.15, 0.2) is 78.9 Å². The van der Waals surface area contributed by atoms with E-state index in [0.29, 0.717) is 19.8 Å². The molecule has 3 aromatic rings. The van der Waals surface area contributed by atoms with Gasteiger partial charge in [0.25, 0.3) is 0 Å². The maximum Gasteiger partial charge on any atom is 0.120 e. The van der Waals surface area contributed by atoms with Gasteiger partial charge in [0.15, 0.2) is 0 Å². The largest absolute Gasteiger partial charge is 0.497 e. The Morgan fingerprint density at radius 2 is 1.44 bits per heavy atom. The van der Waals surface area contributed by atoms with Gasteiger partial charge in [0.2, 0.25) is 0 Å². The maximum absolute atomic E-state index is 10.9. The van der Waals surface area contributed by atoms with Crippen LogP contribution < -0.4 is 9.47 Å². The molecule has 4 atom stereocenters. The van der Waals surface area contributed by atoms with Crippen molar-refractivity contribution in [2.24, 2.45) is 11.8 Å². The molecule has 0 aliphatic carbocycles. The molecule has 3 rings (SSSR count). The van der Waals surface area contributed by atoms with Crippen molar-refractivity contribution in [2.45, 2.75) is 52.1 Å². The van der Waals surface area contributed by atoms with E-state index in [1.165, 1.54) is 0 Å². The molecule has 0 saturated carbocycles. The second-order valence-electron chi connectivity index (χ2n) is 9.46. The summed E-state index contributed by atoms with van der Waals surface area (Å²) in [5.74, 6) is 1.82. The second kappa shape index (κ2) is 14.6. The molecule has 0 bridgehead atoms. The van der Waals surface area contributed by atoms with Crippen LogP contribution in [0.1, 0.15) is 49.5 Å². The van der Waals surface area contributed by atoms with Gasteiger partial charge in [-0.05, 0) is 59.7 Å². The summed E-state index contributed by atoms with van der Waals surface area (Å²) < 4.78 is 22.9. The normalized spacial score (nSPS) is 14.6. The SMILES string of the molecule is COc1ccc(COC[C@H](C)[C@H](O)[C@@H](C)CC[C@H](OC)c2cccc(OCc3ccccc3)c2)cc1. The molecular formula is C31H40O5. The first-order valence-corrected chi connectivity index (χ1v) is 12.7. The summed E-state index contributed by atoms with van der Waals surface area (Å²) >= 11 is 0. The molecule has 0 aromatic heterocycles. The van der Waals surface area contributed by atoms with Gasteiger partial charge in [-0.2, -0.15) is 0 Å². The summed E-state index contributed by atoms with van der Waals surface area (Å²) in [6.45, 7) is 5.69. The smallest absolute Gasteiger partial charge is 0.120 e. The minimum Gasteiger partial charge on any atom is -0.497 e. The highest BCUT2D eigenvalue weighted by Crippen LogP contribution is 2.29. The van der Waals surface area contributed by atoms with Gasteiger partial charge in [-0.1, -0.05) is 68.4 Å². The third-order valence-electron chi connectivity index (χ3n) is 6.62. The lowest BCUT2D eigenvalue weighted by atomic mass is 9.88. The highest BCUT2D eigenvalue weighted by Gasteiger charge is 2.23. The Balaban J connectivity index is 1.44. The van der Waals surface area contributed by atoms with Crippen molar-refractivity contribution in [2.75, 3.05) is 20.8 Å². The summed E-state index contributed by atoms with van der Waals surface area (Å²) in [5, 5.41) is 10.9. The first kappa shape index (κ1) is 27.7. The van der Waals surface area contributed by atoms with Crippen LogP contribution in [0.5, 0.6) is 11.5 Å². The van der Waals surface area contributed by atoms with Crippen LogP contribution in [0, 0.1) is 11.8 Å². The second-order valence-corrected chi connectivity index (χ2v) is 9.46. The number of aliphatic hydroxyl groups excluding tert-OH is 1. The van der Waals surface area contributed by atoms with Crippen molar-refractivity contribution in [3.8, 4) is 11.5 Å². The molecule has 3 aromatic carbocycles. The molecule has 0 amide bonds. The van der Waals surface area contributed by atoms with Gasteiger partial charge in [-0.25, -0.2) is 0 Å². The summed E-state index contributed by atoms with van der Waals surface area (Å²) in [7, 11) is 3.39. The number of ether oxygens (including phenoxy) is 4. The fourth-order valence-corrected chi connectivity index (χ4v) is 4.29. The van der Waals surface area contributed by atoms with Gasteiger partial charge in [0.1, 0.15) is 18.1 Å². The Bertz CT molecular complexity index is 1000. The van der Waals surface area contributed by atoms with Crippen molar-refractivity contribution < 1.29 is 24.1 Å². The summed E-state index contributed by atoms with van der Waals surface area (Å²) in [4.78, 5) is 0. The van der Waals surface area contributed by atoms with Gasteiger partial charge >= 0.3 is 0 Å². The molecule has 0 saturated heterocycles. The lowest BCUT2D eigenvalue weighted by molar-refractivity contribution is -0.00276. The molecular weight excluding hydrogens is 452 g/mol. The first-order valence-electron chi connectivity index (χ1n) is 12.7.